The van der Waals surface area contributed by atoms with E-state index < -0.39 is 10.0 Å². The largest absolute Gasteiger partial charge is 0.495 e. The number of ether oxygens (including phenoxy) is 1. The van der Waals surface area contributed by atoms with Crippen LogP contribution in [-0.2, 0) is 10.0 Å². The third kappa shape index (κ3) is 4.60. The summed E-state index contributed by atoms with van der Waals surface area (Å²) in [5.74, 6) is -0.104. The van der Waals surface area contributed by atoms with E-state index in [0.717, 1.165) is 16.7 Å². The van der Waals surface area contributed by atoms with E-state index in [0.29, 0.717) is 16.3 Å². The molecule has 0 saturated heterocycles. The second-order valence-corrected chi connectivity index (χ2v) is 9.24. The maximum absolute atomic E-state index is 13.1. The van der Waals surface area contributed by atoms with Gasteiger partial charge < -0.3 is 10.1 Å². The molecule has 0 aliphatic carbocycles. The van der Waals surface area contributed by atoms with Crippen molar-refractivity contribution >= 4 is 38.6 Å². The van der Waals surface area contributed by atoms with Gasteiger partial charge >= 0.3 is 0 Å². The smallest absolute Gasteiger partial charge is 0.265 e. The van der Waals surface area contributed by atoms with Crippen molar-refractivity contribution in [3.63, 3.8) is 0 Å². The average Bonchev–Trinajstić information content (AvgIpc) is 3.11. The molecule has 1 heterocycles. The van der Waals surface area contributed by atoms with Crippen LogP contribution in [0.1, 0.15) is 26.4 Å². The molecule has 152 valence electrons. The number of carbonyl (C=O) groups excluding carboxylic acids is 1. The molecule has 0 aliphatic heterocycles. The van der Waals surface area contributed by atoms with Crippen LogP contribution in [0.3, 0.4) is 0 Å². The molecule has 0 saturated carbocycles. The lowest BCUT2D eigenvalue weighted by atomic mass is 10.1. The van der Waals surface area contributed by atoms with Crippen molar-refractivity contribution in [2.24, 2.45) is 0 Å². The SMILES string of the molecule is COc1ccc(NC(=O)c2cc(C)cs2)cc1S(=O)(=O)Nc1c(C)cccc1C. The van der Waals surface area contributed by atoms with Crippen molar-refractivity contribution in [2.45, 2.75) is 25.7 Å². The standard InChI is InChI=1S/C21H22N2O4S2/c1-13-10-18(28-12-13)21(24)22-16-8-9-17(27-4)19(11-16)29(25,26)23-20-14(2)6-5-7-15(20)3/h5-12,23H,1-4H3,(H,22,24). The van der Waals surface area contributed by atoms with E-state index in [2.05, 4.69) is 10.0 Å². The van der Waals surface area contributed by atoms with Gasteiger partial charge in [-0.1, -0.05) is 18.2 Å². The number of anilines is 2. The highest BCUT2D eigenvalue weighted by Crippen LogP contribution is 2.31. The molecule has 1 aromatic heterocycles. The first-order valence-corrected chi connectivity index (χ1v) is 11.2. The van der Waals surface area contributed by atoms with Gasteiger partial charge in [0.2, 0.25) is 0 Å². The lowest BCUT2D eigenvalue weighted by Crippen LogP contribution is -2.17. The fourth-order valence-corrected chi connectivity index (χ4v) is 5.06. The summed E-state index contributed by atoms with van der Waals surface area (Å²) in [5.41, 5.74) is 3.51. The van der Waals surface area contributed by atoms with E-state index in [-0.39, 0.29) is 16.6 Å². The fraction of sp³-hybridized carbons (Fsp3) is 0.190. The minimum atomic E-state index is -3.94. The zero-order valence-corrected chi connectivity index (χ0v) is 18.2. The van der Waals surface area contributed by atoms with Gasteiger partial charge in [-0.2, -0.15) is 0 Å². The topological polar surface area (TPSA) is 84.5 Å². The number of para-hydroxylation sites is 1. The molecule has 0 unspecified atom stereocenters. The number of carbonyl (C=O) groups is 1. The molecule has 3 aromatic rings. The van der Waals surface area contributed by atoms with E-state index >= 15 is 0 Å². The molecule has 3 rings (SSSR count). The average molecular weight is 431 g/mol. The van der Waals surface area contributed by atoms with Gasteiger partial charge in [0.1, 0.15) is 10.6 Å². The molecule has 6 nitrogen and oxygen atoms in total. The van der Waals surface area contributed by atoms with Crippen LogP contribution >= 0.6 is 11.3 Å². The molecule has 29 heavy (non-hydrogen) atoms. The minimum absolute atomic E-state index is 0.0530. The minimum Gasteiger partial charge on any atom is -0.495 e. The van der Waals surface area contributed by atoms with Crippen LogP contribution in [0.5, 0.6) is 5.75 Å². The van der Waals surface area contributed by atoms with Crippen LogP contribution < -0.4 is 14.8 Å². The number of thiophene rings is 1. The highest BCUT2D eigenvalue weighted by atomic mass is 32.2. The Bertz CT molecular complexity index is 1150. The van der Waals surface area contributed by atoms with Crippen molar-refractivity contribution < 1.29 is 17.9 Å². The number of hydrogen-bond acceptors (Lipinski definition) is 5. The number of hydrogen-bond donors (Lipinski definition) is 2. The molecular formula is C21H22N2O4S2. The zero-order valence-electron chi connectivity index (χ0n) is 16.6. The van der Waals surface area contributed by atoms with Crippen LogP contribution in [0.4, 0.5) is 11.4 Å². The Morgan fingerprint density at radius 2 is 1.72 bits per heavy atom. The van der Waals surface area contributed by atoms with Crippen molar-refractivity contribution in [3.8, 4) is 5.75 Å². The van der Waals surface area contributed by atoms with E-state index in [4.69, 9.17) is 4.74 Å². The van der Waals surface area contributed by atoms with E-state index in [1.165, 1.54) is 30.6 Å². The van der Waals surface area contributed by atoms with Crippen molar-refractivity contribution in [1.82, 2.24) is 0 Å². The van der Waals surface area contributed by atoms with Crippen LogP contribution in [0.25, 0.3) is 0 Å². The molecule has 0 bridgehead atoms. The first-order valence-electron chi connectivity index (χ1n) is 8.85. The summed E-state index contributed by atoms with van der Waals surface area (Å²) in [5, 5.41) is 4.63. The second-order valence-electron chi connectivity index (χ2n) is 6.68. The first kappa shape index (κ1) is 20.9. The van der Waals surface area contributed by atoms with Crippen LogP contribution in [0, 0.1) is 20.8 Å². The summed E-state index contributed by atoms with van der Waals surface area (Å²) < 4.78 is 34.1. The lowest BCUT2D eigenvalue weighted by Gasteiger charge is -2.16. The molecule has 0 fully saturated rings. The molecule has 0 atom stereocenters. The Morgan fingerprint density at radius 3 is 2.31 bits per heavy atom. The van der Waals surface area contributed by atoms with Crippen molar-refractivity contribution in [3.05, 3.63) is 69.4 Å². The molecule has 2 aromatic carbocycles. The molecule has 0 spiro atoms. The van der Waals surface area contributed by atoms with Crippen LogP contribution in [-0.4, -0.2) is 21.4 Å². The Morgan fingerprint density at radius 1 is 1.03 bits per heavy atom. The maximum Gasteiger partial charge on any atom is 0.265 e. The van der Waals surface area contributed by atoms with Gasteiger partial charge in [-0.05, 0) is 67.1 Å². The monoisotopic (exact) mass is 430 g/mol. The third-order valence-electron chi connectivity index (χ3n) is 4.38. The summed E-state index contributed by atoms with van der Waals surface area (Å²) in [7, 11) is -2.54. The van der Waals surface area contributed by atoms with E-state index in [1.807, 2.05) is 44.4 Å². The van der Waals surface area contributed by atoms with Gasteiger partial charge in [0.05, 0.1) is 17.7 Å². The number of nitrogens with one attached hydrogen (secondary N) is 2. The highest BCUT2D eigenvalue weighted by Gasteiger charge is 2.22. The summed E-state index contributed by atoms with van der Waals surface area (Å²) in [6, 6.07) is 11.8. The molecular weight excluding hydrogens is 408 g/mol. The van der Waals surface area contributed by atoms with Crippen molar-refractivity contribution in [2.75, 3.05) is 17.1 Å². The normalized spacial score (nSPS) is 11.2. The summed E-state index contributed by atoms with van der Waals surface area (Å²) >= 11 is 1.33. The lowest BCUT2D eigenvalue weighted by molar-refractivity contribution is 0.103. The molecule has 0 aliphatic rings. The Kier molecular flexibility index (Phi) is 5.95. The Hall–Kier alpha value is -2.84. The highest BCUT2D eigenvalue weighted by molar-refractivity contribution is 7.92. The number of amides is 1. The molecule has 0 radical (unpaired) electrons. The maximum atomic E-state index is 13.1. The van der Waals surface area contributed by atoms with Crippen molar-refractivity contribution in [1.29, 1.82) is 0 Å². The summed E-state index contributed by atoms with van der Waals surface area (Å²) in [6.45, 7) is 5.58. The van der Waals surface area contributed by atoms with Crippen LogP contribution in [0.15, 0.2) is 52.7 Å². The fourth-order valence-electron chi connectivity index (χ4n) is 2.87. The number of methoxy groups -OCH3 is 1. The summed E-state index contributed by atoms with van der Waals surface area (Å²) in [6.07, 6.45) is 0. The number of aryl methyl sites for hydroxylation is 3. The Balaban J connectivity index is 1.95. The van der Waals surface area contributed by atoms with Gasteiger partial charge in [0, 0.05) is 5.69 Å². The molecule has 2 N–H and O–H groups in total. The van der Waals surface area contributed by atoms with Gasteiger partial charge in [-0.15, -0.1) is 11.3 Å². The number of benzene rings is 2. The second kappa shape index (κ2) is 8.26. The number of sulfonamides is 1. The van der Waals surface area contributed by atoms with E-state index in [1.54, 1.807) is 12.1 Å². The zero-order chi connectivity index (χ0) is 21.2. The molecule has 8 heteroatoms. The Labute approximate surface area is 174 Å². The van der Waals surface area contributed by atoms with Gasteiger partial charge in [0.25, 0.3) is 15.9 Å². The third-order valence-corrected chi connectivity index (χ3v) is 6.80. The quantitative estimate of drug-likeness (QED) is 0.592. The predicted octanol–water partition coefficient (Wildman–Crippen LogP) is 4.74. The predicted molar refractivity (Wildman–Crippen MR) is 117 cm³/mol. The van der Waals surface area contributed by atoms with Gasteiger partial charge in [-0.3, -0.25) is 9.52 Å². The van der Waals surface area contributed by atoms with Gasteiger partial charge in [0.15, 0.2) is 0 Å². The first-order chi connectivity index (χ1) is 13.7. The number of rotatable bonds is 6. The summed E-state index contributed by atoms with van der Waals surface area (Å²) in [4.78, 5) is 12.9. The molecule has 1 amide bonds. The van der Waals surface area contributed by atoms with E-state index in [9.17, 15) is 13.2 Å². The van der Waals surface area contributed by atoms with Crippen LogP contribution in [0.2, 0.25) is 0 Å². The van der Waals surface area contributed by atoms with Gasteiger partial charge in [-0.25, -0.2) is 8.42 Å².